The summed E-state index contributed by atoms with van der Waals surface area (Å²) in [6.07, 6.45) is 3.99. The van der Waals surface area contributed by atoms with Crippen LogP contribution in [0.2, 0.25) is 0 Å². The number of fused-ring (bicyclic) bond motifs is 1. The molecule has 0 aliphatic carbocycles. The fraction of sp³-hybridized carbons (Fsp3) is 0.235. The number of carboxylic acid groups (broad SMARTS) is 1. The molecule has 4 heteroatoms. The minimum Gasteiger partial charge on any atom is -0.478 e. The van der Waals surface area contributed by atoms with Gasteiger partial charge in [-0.3, -0.25) is 4.90 Å². The number of aliphatic carboxylic acids is 1. The molecule has 1 N–H and O–H groups in total. The van der Waals surface area contributed by atoms with Crippen molar-refractivity contribution >= 4 is 23.4 Å². The Balaban J connectivity index is 1.75. The van der Waals surface area contributed by atoms with Crippen molar-refractivity contribution in [2.45, 2.75) is 19.5 Å². The van der Waals surface area contributed by atoms with Crippen molar-refractivity contribution in [2.24, 2.45) is 0 Å². The average molecular weight is 299 g/mol. The minimum absolute atomic E-state index is 0.857. The first kappa shape index (κ1) is 14.0. The van der Waals surface area contributed by atoms with Crippen molar-refractivity contribution in [1.29, 1.82) is 0 Å². The van der Waals surface area contributed by atoms with Crippen LogP contribution in [0, 0.1) is 0 Å². The highest BCUT2D eigenvalue weighted by Crippen LogP contribution is 2.25. The summed E-state index contributed by atoms with van der Waals surface area (Å²) in [5, 5.41) is 10.9. The van der Waals surface area contributed by atoms with Crippen molar-refractivity contribution in [1.82, 2.24) is 4.90 Å². The van der Waals surface area contributed by atoms with E-state index < -0.39 is 5.97 Å². The number of rotatable bonds is 4. The van der Waals surface area contributed by atoms with Gasteiger partial charge >= 0.3 is 5.97 Å². The van der Waals surface area contributed by atoms with Crippen molar-refractivity contribution in [2.75, 3.05) is 6.54 Å². The predicted octanol–water partition coefficient (Wildman–Crippen LogP) is 3.40. The van der Waals surface area contributed by atoms with Crippen molar-refractivity contribution in [3.05, 3.63) is 63.4 Å². The number of hydrogen-bond donors (Lipinski definition) is 1. The lowest BCUT2D eigenvalue weighted by atomic mass is 10.0. The number of benzene rings is 1. The molecule has 1 aliphatic rings. The fourth-order valence-electron chi connectivity index (χ4n) is 2.68. The molecular formula is C17H17NO2S. The largest absolute Gasteiger partial charge is 0.478 e. The summed E-state index contributed by atoms with van der Waals surface area (Å²) in [6, 6.07) is 10.2. The molecule has 0 bridgehead atoms. The van der Waals surface area contributed by atoms with Gasteiger partial charge in [-0.15, -0.1) is 11.3 Å². The van der Waals surface area contributed by atoms with E-state index >= 15 is 0 Å². The first-order valence-electron chi connectivity index (χ1n) is 6.99. The zero-order valence-electron chi connectivity index (χ0n) is 11.7. The summed E-state index contributed by atoms with van der Waals surface area (Å²) in [5.41, 5.74) is 3.59. The highest BCUT2D eigenvalue weighted by Gasteiger charge is 2.17. The predicted molar refractivity (Wildman–Crippen MR) is 85.2 cm³/mol. The summed E-state index contributed by atoms with van der Waals surface area (Å²) in [7, 11) is 0. The van der Waals surface area contributed by atoms with Crippen LogP contribution in [0.25, 0.3) is 6.08 Å². The molecule has 0 radical (unpaired) electrons. The van der Waals surface area contributed by atoms with Crippen LogP contribution in [0.15, 0.2) is 41.8 Å². The molecule has 3 nitrogen and oxygen atoms in total. The maximum absolute atomic E-state index is 10.7. The molecule has 1 aromatic heterocycles. The van der Waals surface area contributed by atoms with E-state index in [1.807, 2.05) is 29.5 Å². The molecule has 0 amide bonds. The van der Waals surface area contributed by atoms with E-state index in [1.54, 1.807) is 6.08 Å². The molecule has 21 heavy (non-hydrogen) atoms. The van der Waals surface area contributed by atoms with Crippen LogP contribution >= 0.6 is 11.3 Å². The second-order valence-electron chi connectivity index (χ2n) is 5.20. The van der Waals surface area contributed by atoms with E-state index in [4.69, 9.17) is 5.11 Å². The topological polar surface area (TPSA) is 40.5 Å². The Kier molecular flexibility index (Phi) is 4.18. The van der Waals surface area contributed by atoms with E-state index in [1.165, 1.54) is 22.1 Å². The van der Waals surface area contributed by atoms with Crippen molar-refractivity contribution < 1.29 is 9.90 Å². The summed E-state index contributed by atoms with van der Waals surface area (Å²) in [5.74, 6) is -0.911. The van der Waals surface area contributed by atoms with Crippen LogP contribution < -0.4 is 0 Å². The van der Waals surface area contributed by atoms with Gasteiger partial charge in [-0.05, 0) is 40.6 Å². The normalized spacial score (nSPS) is 15.2. The summed E-state index contributed by atoms with van der Waals surface area (Å²) < 4.78 is 0. The molecule has 0 unspecified atom stereocenters. The zero-order chi connectivity index (χ0) is 14.7. The molecule has 2 aromatic rings. The lowest BCUT2D eigenvalue weighted by Crippen LogP contribution is -2.29. The lowest BCUT2D eigenvalue weighted by molar-refractivity contribution is -0.131. The third kappa shape index (κ3) is 3.40. The van der Waals surface area contributed by atoms with Crippen LogP contribution in [-0.2, 0) is 24.3 Å². The molecule has 0 atom stereocenters. The standard InChI is InChI=1S/C17H17NO2S/c19-17(20)6-5-13-3-1-2-4-14(13)11-18-9-7-16-15(12-18)8-10-21-16/h1-6,8,10H,7,9,11-12H2,(H,19,20). The van der Waals surface area contributed by atoms with Crippen LogP contribution in [0.4, 0.5) is 0 Å². The van der Waals surface area contributed by atoms with Gasteiger partial charge in [0.1, 0.15) is 0 Å². The van der Waals surface area contributed by atoms with Gasteiger partial charge < -0.3 is 5.11 Å². The number of nitrogens with zero attached hydrogens (tertiary/aromatic N) is 1. The van der Waals surface area contributed by atoms with E-state index in [2.05, 4.69) is 22.4 Å². The Morgan fingerprint density at radius 1 is 1.33 bits per heavy atom. The first-order chi connectivity index (χ1) is 10.2. The average Bonchev–Trinajstić information content (AvgIpc) is 2.94. The monoisotopic (exact) mass is 299 g/mol. The van der Waals surface area contributed by atoms with Gasteiger partial charge in [0.2, 0.25) is 0 Å². The Hall–Kier alpha value is -1.91. The molecule has 1 aliphatic heterocycles. The Morgan fingerprint density at radius 2 is 2.19 bits per heavy atom. The van der Waals surface area contributed by atoms with Crippen molar-refractivity contribution in [3.63, 3.8) is 0 Å². The third-order valence-corrected chi connectivity index (χ3v) is 4.76. The van der Waals surface area contributed by atoms with E-state index in [0.717, 1.165) is 31.6 Å². The van der Waals surface area contributed by atoms with E-state index in [9.17, 15) is 4.79 Å². The maximum Gasteiger partial charge on any atom is 0.328 e. The van der Waals surface area contributed by atoms with Crippen LogP contribution in [0.3, 0.4) is 0 Å². The smallest absolute Gasteiger partial charge is 0.328 e. The molecule has 2 heterocycles. The highest BCUT2D eigenvalue weighted by atomic mass is 32.1. The number of hydrogen-bond acceptors (Lipinski definition) is 3. The molecule has 108 valence electrons. The molecular weight excluding hydrogens is 282 g/mol. The van der Waals surface area contributed by atoms with E-state index in [0.29, 0.717) is 0 Å². The summed E-state index contributed by atoms with van der Waals surface area (Å²) in [6.45, 7) is 2.90. The summed E-state index contributed by atoms with van der Waals surface area (Å²) in [4.78, 5) is 14.6. The number of carboxylic acids is 1. The molecule has 1 aromatic carbocycles. The quantitative estimate of drug-likeness (QED) is 0.880. The Morgan fingerprint density at radius 3 is 3.05 bits per heavy atom. The second-order valence-corrected chi connectivity index (χ2v) is 6.20. The third-order valence-electron chi connectivity index (χ3n) is 3.74. The van der Waals surface area contributed by atoms with Crippen LogP contribution in [-0.4, -0.2) is 22.5 Å². The van der Waals surface area contributed by atoms with Crippen LogP contribution in [0.5, 0.6) is 0 Å². The molecule has 0 saturated carbocycles. The van der Waals surface area contributed by atoms with Gasteiger partial charge in [-0.1, -0.05) is 24.3 Å². The van der Waals surface area contributed by atoms with Gasteiger partial charge in [-0.2, -0.15) is 0 Å². The first-order valence-corrected chi connectivity index (χ1v) is 7.87. The van der Waals surface area contributed by atoms with Gasteiger partial charge in [0, 0.05) is 30.6 Å². The van der Waals surface area contributed by atoms with Gasteiger partial charge in [0.25, 0.3) is 0 Å². The molecule has 0 spiro atoms. The maximum atomic E-state index is 10.7. The zero-order valence-corrected chi connectivity index (χ0v) is 12.5. The van der Waals surface area contributed by atoms with Gasteiger partial charge in [0.15, 0.2) is 0 Å². The highest BCUT2D eigenvalue weighted by molar-refractivity contribution is 7.10. The minimum atomic E-state index is -0.911. The number of thiophene rings is 1. The van der Waals surface area contributed by atoms with Crippen LogP contribution in [0.1, 0.15) is 21.6 Å². The molecule has 0 fully saturated rings. The fourth-order valence-corrected chi connectivity index (χ4v) is 3.57. The second kappa shape index (κ2) is 6.24. The SMILES string of the molecule is O=C(O)C=Cc1ccccc1CN1CCc2sccc2C1. The molecule has 3 rings (SSSR count). The lowest BCUT2D eigenvalue weighted by Gasteiger charge is -2.27. The summed E-state index contributed by atoms with van der Waals surface area (Å²) >= 11 is 1.85. The van der Waals surface area contributed by atoms with Gasteiger partial charge in [-0.25, -0.2) is 4.79 Å². The molecule has 0 saturated heterocycles. The Labute approximate surface area is 128 Å². The van der Waals surface area contributed by atoms with Gasteiger partial charge in [0.05, 0.1) is 0 Å². The van der Waals surface area contributed by atoms with Crippen molar-refractivity contribution in [3.8, 4) is 0 Å². The van der Waals surface area contributed by atoms with E-state index in [-0.39, 0.29) is 0 Å². The Bertz CT molecular complexity index is 675. The number of carbonyl (C=O) groups is 1.